The molecule has 136 valence electrons. The molecular weight excluding hydrogens is 354 g/mol. The van der Waals surface area contributed by atoms with Crippen LogP contribution in [0.3, 0.4) is 0 Å². The van der Waals surface area contributed by atoms with Crippen molar-refractivity contribution in [3.63, 3.8) is 0 Å². The highest BCUT2D eigenvalue weighted by atomic mass is 35.5. The number of hydrogen-bond acceptors (Lipinski definition) is 4. The summed E-state index contributed by atoms with van der Waals surface area (Å²) >= 11 is 6.10. The highest BCUT2D eigenvalue weighted by Gasteiger charge is 2.43. The molecule has 1 aliphatic heterocycles. The molecule has 2 N–H and O–H groups in total. The summed E-state index contributed by atoms with van der Waals surface area (Å²) in [6, 6.07) is 11.0. The van der Waals surface area contributed by atoms with Crippen LogP contribution in [-0.2, 0) is 0 Å². The fraction of sp³-hybridized carbons (Fsp3) is 0.300. The molecule has 0 bridgehead atoms. The van der Waals surface area contributed by atoms with Gasteiger partial charge in [-0.25, -0.2) is 0 Å². The van der Waals surface area contributed by atoms with Crippen molar-refractivity contribution in [2.24, 2.45) is 0 Å². The number of carbonyl (C=O) groups is 2. The van der Waals surface area contributed by atoms with Crippen molar-refractivity contribution in [2.75, 3.05) is 0 Å². The number of halogens is 1. The van der Waals surface area contributed by atoms with Gasteiger partial charge < -0.3 is 15.2 Å². The monoisotopic (exact) mass is 373 g/mol. The smallest absolute Gasteiger partial charge is 0.253 e. The van der Waals surface area contributed by atoms with E-state index in [0.717, 1.165) is 0 Å². The van der Waals surface area contributed by atoms with E-state index in [1.165, 1.54) is 6.92 Å². The normalized spacial score (nSPS) is 20.7. The van der Waals surface area contributed by atoms with Gasteiger partial charge >= 0.3 is 0 Å². The lowest BCUT2D eigenvalue weighted by atomic mass is 9.85. The number of rotatable bonds is 3. The summed E-state index contributed by atoms with van der Waals surface area (Å²) in [5.74, 6) is 0.00888. The molecule has 1 heterocycles. The fourth-order valence-electron chi connectivity index (χ4n) is 3.04. The number of fused-ring (bicyclic) bond motifs is 1. The van der Waals surface area contributed by atoms with Gasteiger partial charge in [-0.05, 0) is 51.1 Å². The van der Waals surface area contributed by atoms with Crippen LogP contribution in [0.15, 0.2) is 42.5 Å². The van der Waals surface area contributed by atoms with E-state index in [1.807, 2.05) is 0 Å². The predicted octanol–water partition coefficient (Wildman–Crippen LogP) is 3.55. The Bertz CT molecular complexity index is 878. The lowest BCUT2D eigenvalue weighted by Gasteiger charge is -2.42. The number of ketones is 1. The minimum Gasteiger partial charge on any atom is -0.485 e. The Hall–Kier alpha value is -2.37. The average Bonchev–Trinajstić information content (AvgIpc) is 2.58. The number of ether oxygens (including phenoxy) is 1. The highest BCUT2D eigenvalue weighted by Crippen LogP contribution is 2.40. The molecule has 3 rings (SSSR count). The molecule has 0 saturated carbocycles. The zero-order valence-electron chi connectivity index (χ0n) is 14.7. The molecule has 0 saturated heterocycles. The van der Waals surface area contributed by atoms with Crippen molar-refractivity contribution in [1.82, 2.24) is 5.32 Å². The van der Waals surface area contributed by atoms with Crippen LogP contribution in [0, 0.1) is 0 Å². The Labute approximate surface area is 156 Å². The number of benzene rings is 2. The second-order valence-electron chi connectivity index (χ2n) is 6.89. The summed E-state index contributed by atoms with van der Waals surface area (Å²) in [7, 11) is 0. The zero-order chi connectivity index (χ0) is 19.1. The Kier molecular flexibility index (Phi) is 4.78. The van der Waals surface area contributed by atoms with Crippen molar-refractivity contribution in [3.05, 3.63) is 64.2 Å². The summed E-state index contributed by atoms with van der Waals surface area (Å²) in [5.41, 5.74) is 0.444. The molecule has 1 amide bonds. The third-order valence-corrected chi connectivity index (χ3v) is 4.89. The molecule has 1 aliphatic rings. The maximum absolute atomic E-state index is 12.7. The first-order chi connectivity index (χ1) is 12.2. The van der Waals surface area contributed by atoms with Gasteiger partial charge in [0.25, 0.3) is 5.91 Å². The summed E-state index contributed by atoms with van der Waals surface area (Å²) in [5, 5.41) is 13.9. The van der Waals surface area contributed by atoms with Crippen LogP contribution >= 0.6 is 11.6 Å². The summed E-state index contributed by atoms with van der Waals surface area (Å²) < 4.78 is 5.87. The van der Waals surface area contributed by atoms with E-state index in [-0.39, 0.29) is 5.78 Å². The predicted molar refractivity (Wildman–Crippen MR) is 98.8 cm³/mol. The van der Waals surface area contributed by atoms with Crippen LogP contribution in [0.4, 0.5) is 0 Å². The first-order valence-electron chi connectivity index (χ1n) is 8.28. The number of aliphatic hydroxyl groups is 1. The lowest BCUT2D eigenvalue weighted by Crippen LogP contribution is -2.53. The van der Waals surface area contributed by atoms with Crippen LogP contribution in [-0.4, -0.2) is 28.5 Å². The van der Waals surface area contributed by atoms with Gasteiger partial charge in [0.15, 0.2) is 5.78 Å². The van der Waals surface area contributed by atoms with Gasteiger partial charge in [0.2, 0.25) is 0 Å². The average molecular weight is 374 g/mol. The highest BCUT2D eigenvalue weighted by molar-refractivity contribution is 6.33. The van der Waals surface area contributed by atoms with Gasteiger partial charge in [-0.15, -0.1) is 0 Å². The molecule has 2 aromatic carbocycles. The third-order valence-electron chi connectivity index (χ3n) is 4.56. The molecule has 0 fully saturated rings. The fourth-order valence-corrected chi connectivity index (χ4v) is 3.26. The van der Waals surface area contributed by atoms with Crippen molar-refractivity contribution in [3.8, 4) is 5.75 Å². The van der Waals surface area contributed by atoms with E-state index in [0.29, 0.717) is 27.5 Å². The molecule has 0 aliphatic carbocycles. The number of hydrogen-bond donors (Lipinski definition) is 2. The third kappa shape index (κ3) is 3.32. The van der Waals surface area contributed by atoms with Gasteiger partial charge in [0.05, 0.1) is 16.6 Å². The van der Waals surface area contributed by atoms with Crippen LogP contribution in [0.5, 0.6) is 5.75 Å². The first kappa shape index (κ1) is 18.4. The van der Waals surface area contributed by atoms with Crippen LogP contribution in [0.25, 0.3) is 0 Å². The van der Waals surface area contributed by atoms with E-state index < -0.39 is 23.7 Å². The van der Waals surface area contributed by atoms with Gasteiger partial charge in [-0.3, -0.25) is 9.59 Å². The standard InChI is InChI=1S/C20H20ClNO4/c1-11(23)12-8-9-16-14(10-12)17(18(24)20(2,3)26-16)22-19(25)13-6-4-5-7-15(13)21/h4-10,17-18,24H,1-3H3,(H,22,25). The summed E-state index contributed by atoms with van der Waals surface area (Å²) in [6.45, 7) is 4.95. The Morgan fingerprint density at radius 1 is 1.19 bits per heavy atom. The maximum atomic E-state index is 12.7. The van der Waals surface area contributed by atoms with Crippen molar-refractivity contribution in [1.29, 1.82) is 0 Å². The summed E-state index contributed by atoms with van der Waals surface area (Å²) in [6.07, 6.45) is -1.01. The minimum absolute atomic E-state index is 0.108. The molecule has 2 atom stereocenters. The molecule has 6 heteroatoms. The second-order valence-corrected chi connectivity index (χ2v) is 7.30. The number of amides is 1. The molecule has 2 aromatic rings. The van der Waals surface area contributed by atoms with E-state index >= 15 is 0 Å². The first-order valence-corrected chi connectivity index (χ1v) is 8.66. The van der Waals surface area contributed by atoms with Gasteiger partial charge in [-0.2, -0.15) is 0 Å². The topological polar surface area (TPSA) is 75.6 Å². The van der Waals surface area contributed by atoms with E-state index in [2.05, 4.69) is 5.32 Å². The Morgan fingerprint density at radius 3 is 2.54 bits per heavy atom. The van der Waals surface area contributed by atoms with Crippen molar-refractivity contribution >= 4 is 23.3 Å². The van der Waals surface area contributed by atoms with Crippen LogP contribution in [0.2, 0.25) is 5.02 Å². The zero-order valence-corrected chi connectivity index (χ0v) is 15.5. The molecule has 26 heavy (non-hydrogen) atoms. The Morgan fingerprint density at radius 2 is 1.88 bits per heavy atom. The van der Waals surface area contributed by atoms with Crippen LogP contribution < -0.4 is 10.1 Å². The largest absolute Gasteiger partial charge is 0.485 e. The molecule has 5 nitrogen and oxygen atoms in total. The molecule has 2 unspecified atom stereocenters. The maximum Gasteiger partial charge on any atom is 0.253 e. The second kappa shape index (κ2) is 6.74. The van der Waals surface area contributed by atoms with E-state index in [9.17, 15) is 14.7 Å². The summed E-state index contributed by atoms with van der Waals surface area (Å²) in [4.78, 5) is 24.4. The molecule has 0 spiro atoms. The molecular formula is C20H20ClNO4. The number of aliphatic hydroxyl groups excluding tert-OH is 1. The van der Waals surface area contributed by atoms with Crippen molar-refractivity contribution < 1.29 is 19.4 Å². The van der Waals surface area contributed by atoms with E-state index in [4.69, 9.17) is 16.3 Å². The minimum atomic E-state index is -1.01. The van der Waals surface area contributed by atoms with Crippen molar-refractivity contribution in [2.45, 2.75) is 38.5 Å². The van der Waals surface area contributed by atoms with Gasteiger partial charge in [0, 0.05) is 11.1 Å². The number of carbonyl (C=O) groups excluding carboxylic acids is 2. The quantitative estimate of drug-likeness (QED) is 0.807. The Balaban J connectivity index is 2.02. The van der Waals surface area contributed by atoms with E-state index in [1.54, 1.807) is 56.3 Å². The van der Waals surface area contributed by atoms with Gasteiger partial charge in [0.1, 0.15) is 17.5 Å². The van der Waals surface area contributed by atoms with Gasteiger partial charge in [-0.1, -0.05) is 23.7 Å². The number of nitrogens with one attached hydrogen (secondary N) is 1. The molecule has 0 radical (unpaired) electrons. The molecule has 0 aromatic heterocycles. The number of Topliss-reactive ketones (excluding diaryl/α,β-unsaturated/α-hetero) is 1. The SMILES string of the molecule is CC(=O)c1ccc2c(c1)C(NC(=O)c1ccccc1Cl)C(O)C(C)(C)O2. The lowest BCUT2D eigenvalue weighted by molar-refractivity contribution is -0.0627. The van der Waals surface area contributed by atoms with Crippen LogP contribution in [0.1, 0.15) is 53.1 Å².